The van der Waals surface area contributed by atoms with Crippen LogP contribution in [0.2, 0.25) is 0 Å². The molecule has 0 amide bonds. The van der Waals surface area contributed by atoms with Crippen molar-refractivity contribution in [3.8, 4) is 6.07 Å². The van der Waals surface area contributed by atoms with Crippen molar-refractivity contribution in [2.75, 3.05) is 13.7 Å². The fourth-order valence-corrected chi connectivity index (χ4v) is 7.42. The van der Waals surface area contributed by atoms with E-state index in [1.165, 1.54) is 0 Å². The van der Waals surface area contributed by atoms with E-state index in [0.717, 1.165) is 19.3 Å². The van der Waals surface area contributed by atoms with Crippen molar-refractivity contribution in [1.29, 1.82) is 5.26 Å². The Labute approximate surface area is 179 Å². The van der Waals surface area contributed by atoms with Gasteiger partial charge in [-0.3, -0.25) is 13.6 Å². The maximum absolute atomic E-state index is 13.7. The van der Waals surface area contributed by atoms with Crippen molar-refractivity contribution < 1.29 is 32.3 Å². The summed E-state index contributed by atoms with van der Waals surface area (Å²) >= 11 is 0. The summed E-state index contributed by atoms with van der Waals surface area (Å²) in [5.41, 5.74) is 0. The Balaban J connectivity index is 1.48. The van der Waals surface area contributed by atoms with Crippen LogP contribution in [0, 0.1) is 29.1 Å². The first-order valence-electron chi connectivity index (χ1n) is 11.2. The first kappa shape index (κ1) is 22.7. The molecule has 11 atom stereocenters. The Morgan fingerprint density at radius 3 is 2.23 bits per heavy atom. The maximum Gasteiger partial charge on any atom is 0.475 e. The SMILES string of the molecule is CO[C@@H]1C[C@@H](OP(=O)(OCCC#N)O[C@@H]2C[C@@H](C)[C@@H]3C[C@@H](C)O[C@@H]32)[C@@H]2C[C@@H](C)O[C@@H]21. The number of ether oxygens (including phenoxy) is 3. The van der Waals surface area contributed by atoms with Crippen molar-refractivity contribution in [2.24, 2.45) is 17.8 Å². The minimum absolute atomic E-state index is 0.00281. The Morgan fingerprint density at radius 2 is 1.57 bits per heavy atom. The molecule has 9 heteroatoms. The van der Waals surface area contributed by atoms with Gasteiger partial charge in [-0.1, -0.05) is 6.92 Å². The van der Waals surface area contributed by atoms with Gasteiger partial charge in [0, 0.05) is 19.4 Å². The number of phosphoric acid groups is 1. The van der Waals surface area contributed by atoms with E-state index in [1.54, 1.807) is 7.11 Å². The lowest BCUT2D eigenvalue weighted by Crippen LogP contribution is -2.28. The number of nitrogens with zero attached hydrogens (tertiary/aromatic N) is 1. The van der Waals surface area contributed by atoms with Gasteiger partial charge >= 0.3 is 7.82 Å². The van der Waals surface area contributed by atoms with Crippen molar-refractivity contribution in [3.63, 3.8) is 0 Å². The molecule has 2 saturated carbocycles. The van der Waals surface area contributed by atoms with Gasteiger partial charge in [-0.2, -0.15) is 5.26 Å². The molecule has 2 saturated heterocycles. The van der Waals surface area contributed by atoms with E-state index in [2.05, 4.69) is 13.8 Å². The van der Waals surface area contributed by atoms with E-state index in [-0.39, 0.29) is 61.7 Å². The summed E-state index contributed by atoms with van der Waals surface area (Å²) in [7, 11) is -2.23. The molecule has 2 aliphatic heterocycles. The number of fused-ring (bicyclic) bond motifs is 2. The number of hydrogen-bond acceptors (Lipinski definition) is 8. The first-order chi connectivity index (χ1) is 14.3. The quantitative estimate of drug-likeness (QED) is 0.412. The summed E-state index contributed by atoms with van der Waals surface area (Å²) in [6, 6.07) is 2.01. The standard InChI is InChI=1S/C21H34NO7P/c1-12-8-19(20-15(12)9-13(2)26-20)29-30(23,25-7-5-6-22)28-17-11-18(24-4)21-16(17)10-14(3)27-21/h12-21H,5,7-11H2,1-4H3/t12-,13-,14-,15+,16+,17-,18-,19-,20+,21+,30?/m1/s1. The molecule has 4 aliphatic rings. The summed E-state index contributed by atoms with van der Waals surface area (Å²) in [5.74, 6) is 0.908. The van der Waals surface area contributed by atoms with Crippen LogP contribution in [0.15, 0.2) is 0 Å². The molecule has 0 N–H and O–H groups in total. The third-order valence-electron chi connectivity index (χ3n) is 7.14. The van der Waals surface area contributed by atoms with Crippen LogP contribution >= 0.6 is 7.82 Å². The molecular formula is C21H34NO7P. The van der Waals surface area contributed by atoms with Gasteiger partial charge in [-0.05, 0) is 44.9 Å². The first-order valence-corrected chi connectivity index (χ1v) is 12.6. The highest BCUT2D eigenvalue weighted by Crippen LogP contribution is 2.59. The van der Waals surface area contributed by atoms with Crippen LogP contribution in [0.1, 0.15) is 52.9 Å². The molecule has 30 heavy (non-hydrogen) atoms. The molecular weight excluding hydrogens is 409 g/mol. The van der Waals surface area contributed by atoms with E-state index in [9.17, 15) is 4.57 Å². The van der Waals surface area contributed by atoms with E-state index in [1.807, 2.05) is 13.0 Å². The van der Waals surface area contributed by atoms with E-state index < -0.39 is 7.82 Å². The second kappa shape index (κ2) is 9.15. The highest BCUT2D eigenvalue weighted by molar-refractivity contribution is 7.48. The van der Waals surface area contributed by atoms with Crippen LogP contribution in [0.5, 0.6) is 0 Å². The van der Waals surface area contributed by atoms with Crippen LogP contribution in [-0.4, -0.2) is 56.4 Å². The minimum atomic E-state index is -3.89. The van der Waals surface area contributed by atoms with Crippen molar-refractivity contribution in [2.45, 2.75) is 95.6 Å². The molecule has 2 aliphatic carbocycles. The highest BCUT2D eigenvalue weighted by Gasteiger charge is 2.55. The van der Waals surface area contributed by atoms with Gasteiger partial charge in [0.1, 0.15) is 0 Å². The number of hydrogen-bond donors (Lipinski definition) is 0. The van der Waals surface area contributed by atoms with Crippen molar-refractivity contribution in [3.05, 3.63) is 0 Å². The van der Waals surface area contributed by atoms with Gasteiger partial charge < -0.3 is 14.2 Å². The third-order valence-corrected chi connectivity index (χ3v) is 8.69. The lowest BCUT2D eigenvalue weighted by molar-refractivity contribution is -0.0407. The molecule has 4 fully saturated rings. The molecule has 4 rings (SSSR count). The van der Waals surface area contributed by atoms with E-state index >= 15 is 0 Å². The monoisotopic (exact) mass is 443 g/mol. The van der Waals surface area contributed by atoms with Gasteiger partial charge in [0.05, 0.1) is 61.8 Å². The predicted molar refractivity (Wildman–Crippen MR) is 108 cm³/mol. The summed E-state index contributed by atoms with van der Waals surface area (Å²) in [5, 5.41) is 8.88. The largest absolute Gasteiger partial charge is 0.475 e. The zero-order valence-corrected chi connectivity index (χ0v) is 19.2. The Hall–Kier alpha value is -0.520. The molecule has 1 unspecified atom stereocenters. The third kappa shape index (κ3) is 4.49. The normalized spacial score (nSPS) is 47.0. The Bertz CT molecular complexity index is 699. The summed E-state index contributed by atoms with van der Waals surface area (Å²) < 4.78 is 49.2. The van der Waals surface area contributed by atoms with E-state index in [0.29, 0.717) is 18.3 Å². The van der Waals surface area contributed by atoms with E-state index in [4.69, 9.17) is 33.0 Å². The number of methoxy groups -OCH3 is 1. The number of rotatable bonds is 8. The zero-order chi connectivity index (χ0) is 21.5. The molecule has 0 aromatic heterocycles. The van der Waals surface area contributed by atoms with Gasteiger partial charge in [-0.15, -0.1) is 0 Å². The van der Waals surface area contributed by atoms with Gasteiger partial charge in [-0.25, -0.2) is 4.57 Å². The molecule has 170 valence electrons. The van der Waals surface area contributed by atoms with Crippen molar-refractivity contribution >= 4 is 7.82 Å². The Kier molecular flexibility index (Phi) is 6.91. The number of nitriles is 1. The smallest absolute Gasteiger partial charge is 0.379 e. The molecule has 2 heterocycles. The van der Waals surface area contributed by atoms with Crippen LogP contribution in [0.25, 0.3) is 0 Å². The highest BCUT2D eigenvalue weighted by atomic mass is 31.2. The average Bonchev–Trinajstić information content (AvgIpc) is 3.40. The molecule has 8 nitrogen and oxygen atoms in total. The average molecular weight is 443 g/mol. The lowest BCUT2D eigenvalue weighted by atomic mass is 9.94. The molecule has 0 bridgehead atoms. The molecule has 0 aromatic rings. The molecule has 0 aromatic carbocycles. The topological polar surface area (TPSA) is 96.2 Å². The van der Waals surface area contributed by atoms with Crippen LogP contribution in [0.4, 0.5) is 0 Å². The molecule has 0 radical (unpaired) electrons. The summed E-state index contributed by atoms with van der Waals surface area (Å²) in [6.07, 6.45) is 2.60. The summed E-state index contributed by atoms with van der Waals surface area (Å²) in [4.78, 5) is 0. The second-order valence-electron chi connectivity index (χ2n) is 9.32. The predicted octanol–water partition coefficient (Wildman–Crippen LogP) is 3.84. The number of phosphoric ester groups is 1. The fourth-order valence-electron chi connectivity index (χ4n) is 5.82. The summed E-state index contributed by atoms with van der Waals surface area (Å²) in [6.45, 7) is 6.28. The Morgan fingerprint density at radius 1 is 0.933 bits per heavy atom. The van der Waals surface area contributed by atoms with Crippen LogP contribution < -0.4 is 0 Å². The van der Waals surface area contributed by atoms with Gasteiger partial charge in [0.2, 0.25) is 0 Å². The lowest BCUT2D eigenvalue weighted by Gasteiger charge is -2.28. The van der Waals surface area contributed by atoms with Crippen LogP contribution in [-0.2, 0) is 32.3 Å². The molecule has 0 spiro atoms. The zero-order valence-electron chi connectivity index (χ0n) is 18.3. The van der Waals surface area contributed by atoms with Gasteiger partial charge in [0.25, 0.3) is 0 Å². The fraction of sp³-hybridized carbons (Fsp3) is 0.952. The van der Waals surface area contributed by atoms with Gasteiger partial charge in [0.15, 0.2) is 0 Å². The maximum atomic E-state index is 13.7. The second-order valence-corrected chi connectivity index (χ2v) is 10.9. The van der Waals surface area contributed by atoms with Crippen LogP contribution in [0.3, 0.4) is 0 Å². The minimum Gasteiger partial charge on any atom is -0.379 e. The van der Waals surface area contributed by atoms with Crippen molar-refractivity contribution in [1.82, 2.24) is 0 Å².